The largest absolute Gasteiger partial charge is 0.486 e. The molecule has 0 spiro atoms. The number of pyridine rings is 3. The number of aromatic nitrogens is 3. The fraction of sp³-hybridized carbons (Fsp3) is 0.243. The van der Waals surface area contributed by atoms with Gasteiger partial charge in [-0.1, -0.05) is 56.9 Å². The number of benzene rings is 2. The summed E-state index contributed by atoms with van der Waals surface area (Å²) in [6.07, 6.45) is 0.306. The maximum absolute atomic E-state index is 9.83. The van der Waals surface area contributed by atoms with Gasteiger partial charge in [0, 0.05) is 62.8 Å². The van der Waals surface area contributed by atoms with Gasteiger partial charge in [0.2, 0.25) is 5.71 Å². The molecular weight excluding hydrogens is 709 g/mol. The van der Waals surface area contributed by atoms with Crippen molar-refractivity contribution in [2.45, 2.75) is 54.6 Å². The van der Waals surface area contributed by atoms with Crippen LogP contribution in [-0.4, -0.2) is 15.0 Å². The molecule has 43 heavy (non-hydrogen) atoms. The Kier molecular flexibility index (Phi) is 5.39. The van der Waals surface area contributed by atoms with Gasteiger partial charge in [-0.2, -0.15) is 5.26 Å². The number of hydrogen-bond donors (Lipinski definition) is 0. The van der Waals surface area contributed by atoms with Crippen molar-refractivity contribution in [2.75, 3.05) is 0 Å². The Morgan fingerprint density at radius 3 is 2.44 bits per heavy atom. The van der Waals surface area contributed by atoms with Gasteiger partial charge in [-0.25, -0.2) is 4.98 Å². The van der Waals surface area contributed by atoms with E-state index in [2.05, 4.69) is 27.1 Å². The molecule has 6 rings (SSSR count). The summed E-state index contributed by atoms with van der Waals surface area (Å²) < 4.78 is 116. The summed E-state index contributed by atoms with van der Waals surface area (Å²) in [6, 6.07) is 22.0. The van der Waals surface area contributed by atoms with Crippen LogP contribution in [0.5, 0.6) is 0 Å². The molecule has 5 nitrogen and oxygen atoms in total. The molecule has 0 unspecified atom stereocenters. The van der Waals surface area contributed by atoms with Crippen LogP contribution in [0.4, 0.5) is 0 Å². The van der Waals surface area contributed by atoms with Crippen molar-refractivity contribution in [3.63, 3.8) is 0 Å². The molecule has 0 aliphatic heterocycles. The van der Waals surface area contributed by atoms with Gasteiger partial charge in [-0.3, -0.25) is 0 Å². The van der Waals surface area contributed by atoms with Crippen molar-refractivity contribution in [2.24, 2.45) is 5.41 Å². The minimum Gasteiger partial charge on any atom is -0.486 e. The van der Waals surface area contributed by atoms with E-state index in [9.17, 15) is 5.26 Å². The van der Waals surface area contributed by atoms with E-state index in [0.717, 1.165) is 23.5 Å². The summed E-state index contributed by atoms with van der Waals surface area (Å²) in [4.78, 5) is 12.4. The Bertz CT molecular complexity index is 2440. The predicted molar refractivity (Wildman–Crippen MR) is 169 cm³/mol. The second kappa shape index (κ2) is 13.0. The first-order valence-corrected chi connectivity index (χ1v) is 12.8. The summed E-state index contributed by atoms with van der Waals surface area (Å²) in [5, 5.41) is 9.81. The Hall–Kier alpha value is -4.17. The molecule has 0 amide bonds. The number of fused-ring (bicyclic) bond motifs is 3. The smallest absolute Gasteiger partial charge is 0.217 e. The molecule has 6 heteroatoms. The maximum atomic E-state index is 9.83. The van der Waals surface area contributed by atoms with Crippen LogP contribution in [0.15, 0.2) is 71.4 Å². The van der Waals surface area contributed by atoms with Crippen LogP contribution in [0.1, 0.15) is 73.5 Å². The molecular formula is C37H34IrN4O-2. The zero-order valence-electron chi connectivity index (χ0n) is 37.4. The molecule has 219 valence electrons. The van der Waals surface area contributed by atoms with Crippen molar-refractivity contribution < 1.29 is 43.7 Å². The molecule has 4 aromatic heterocycles. The van der Waals surface area contributed by atoms with Crippen molar-refractivity contribution in [1.29, 1.82) is 5.26 Å². The van der Waals surface area contributed by atoms with Gasteiger partial charge < -0.3 is 14.4 Å². The molecule has 4 heterocycles. The number of nitriles is 1. The Labute approximate surface area is 287 Å². The van der Waals surface area contributed by atoms with E-state index in [1.165, 1.54) is 18.3 Å². The van der Waals surface area contributed by atoms with E-state index in [4.69, 9.17) is 23.6 Å². The van der Waals surface area contributed by atoms with Crippen LogP contribution in [0.2, 0.25) is 0 Å². The van der Waals surface area contributed by atoms with Gasteiger partial charge >= 0.3 is 0 Å². The topological polar surface area (TPSA) is 75.6 Å². The van der Waals surface area contributed by atoms with Crippen LogP contribution in [-0.2, 0) is 26.5 Å². The number of aryl methyl sites for hydroxylation is 4. The summed E-state index contributed by atoms with van der Waals surface area (Å²) >= 11 is 0. The molecule has 2 aromatic carbocycles. The number of rotatable bonds is 3. The SMILES string of the molecule is [2H]C([2H])([2H])c1cc(C#N)c2c(n1)oc1c(-c3cc(C([2H])([2H])C(C)(C)C)c(C([2H])([2H])[2H])cn3)[c-]cc(C([2H])([2H])[2H])c12.[2H]C([2H])([2H])c1ccc(-c2[c-]cccc2)nc1.[Ir]. The Morgan fingerprint density at radius 2 is 1.79 bits per heavy atom. The van der Waals surface area contributed by atoms with Crippen LogP contribution >= 0.6 is 0 Å². The molecule has 0 aliphatic carbocycles. The minimum atomic E-state index is -2.69. The summed E-state index contributed by atoms with van der Waals surface area (Å²) in [5.41, 5.74) is -0.709. The third kappa shape index (κ3) is 7.08. The van der Waals surface area contributed by atoms with Crippen molar-refractivity contribution in [3.05, 3.63) is 113 Å². The molecule has 0 fully saturated rings. The first-order chi connectivity index (χ1) is 25.7. The van der Waals surface area contributed by atoms with Crippen LogP contribution < -0.4 is 0 Å². The molecule has 0 saturated heterocycles. The average molecular weight is 757 g/mol. The van der Waals surface area contributed by atoms with E-state index in [-0.39, 0.29) is 81.2 Å². The Morgan fingerprint density at radius 1 is 0.953 bits per heavy atom. The van der Waals surface area contributed by atoms with E-state index in [1.807, 2.05) is 24.3 Å². The first-order valence-electron chi connectivity index (χ1n) is 19.8. The third-order valence-corrected chi connectivity index (χ3v) is 6.06. The minimum absolute atomic E-state index is 0. The average Bonchev–Trinajstić information content (AvgIpc) is 3.49. The van der Waals surface area contributed by atoms with Gasteiger partial charge in [0.25, 0.3) is 0 Å². The van der Waals surface area contributed by atoms with Gasteiger partial charge in [0.15, 0.2) is 0 Å². The zero-order valence-corrected chi connectivity index (χ0v) is 25.8. The number of furan rings is 1. The second-order valence-electron chi connectivity index (χ2n) is 10.4. The van der Waals surface area contributed by atoms with Gasteiger partial charge in [0.1, 0.15) is 0 Å². The van der Waals surface area contributed by atoms with E-state index in [0.29, 0.717) is 0 Å². The molecule has 6 aromatic rings. The Balaban J connectivity index is 0.000000353. The third-order valence-electron chi connectivity index (χ3n) is 6.06. The van der Waals surface area contributed by atoms with Gasteiger partial charge in [0.05, 0.1) is 17.2 Å². The standard InChI is InChI=1S/C25H24N3O.C12H10N.Ir/c1-14-7-8-19(20-10-17(11-25(4,5)6)15(2)13-27-20)23-21(14)22-18(12-26)9-16(3)28-24(22)29-23;1-10-7-8-12(13-9-10)11-5-3-2-4-6-11;/h7,9-10,13H,11H2,1-6H3;2-5,7-9H,1H3;/q2*-1;/i1D3,2D3,3D3,11D2;1D3;. The van der Waals surface area contributed by atoms with Crippen molar-refractivity contribution in [3.8, 4) is 28.6 Å². The molecule has 0 aliphatic rings. The quantitative estimate of drug-likeness (QED) is 0.169. The summed E-state index contributed by atoms with van der Waals surface area (Å²) in [6.45, 7) is -5.26. The normalized spacial score (nSPS) is 17.3. The molecule has 0 N–H and O–H groups in total. The molecule has 0 atom stereocenters. The predicted octanol–water partition coefficient (Wildman–Crippen LogP) is 9.08. The van der Waals surface area contributed by atoms with E-state index >= 15 is 0 Å². The summed E-state index contributed by atoms with van der Waals surface area (Å²) in [7, 11) is 0. The summed E-state index contributed by atoms with van der Waals surface area (Å²) in [5.74, 6) is 0. The maximum Gasteiger partial charge on any atom is 0.217 e. The monoisotopic (exact) mass is 757 g/mol. The number of hydrogen-bond acceptors (Lipinski definition) is 5. The van der Waals surface area contributed by atoms with Crippen molar-refractivity contribution >= 4 is 22.1 Å². The molecule has 1 radical (unpaired) electrons. The fourth-order valence-electron chi connectivity index (χ4n) is 4.30. The van der Waals surface area contributed by atoms with Crippen LogP contribution in [0.3, 0.4) is 0 Å². The first kappa shape index (κ1) is 17.8. The second-order valence-corrected chi connectivity index (χ2v) is 10.4. The zero-order chi connectivity index (χ0) is 41.8. The van der Waals surface area contributed by atoms with E-state index < -0.39 is 44.9 Å². The number of nitrogens with zero attached hydrogens (tertiary/aromatic N) is 4. The van der Waals surface area contributed by atoms with Gasteiger partial charge in [-0.05, 0) is 66.3 Å². The fourth-order valence-corrected chi connectivity index (χ4v) is 4.30. The van der Waals surface area contributed by atoms with Crippen LogP contribution in [0.25, 0.3) is 44.6 Å². The molecule has 0 saturated carbocycles. The van der Waals surface area contributed by atoms with Gasteiger partial charge in [-0.15, -0.1) is 53.6 Å². The van der Waals surface area contributed by atoms with Crippen molar-refractivity contribution in [1.82, 2.24) is 15.0 Å². The molecule has 0 bridgehead atoms. The van der Waals surface area contributed by atoms with Crippen LogP contribution in [0, 0.1) is 56.3 Å². The van der Waals surface area contributed by atoms with E-state index in [1.54, 1.807) is 39.0 Å².